The van der Waals surface area contributed by atoms with E-state index in [0.29, 0.717) is 6.17 Å². The highest BCUT2D eigenvalue weighted by atomic mass is 15.4. The van der Waals surface area contributed by atoms with Gasteiger partial charge in [-0.05, 0) is 25.7 Å². The van der Waals surface area contributed by atoms with E-state index in [4.69, 9.17) is 0 Å². The smallest absolute Gasteiger partial charge is 0.101 e. The van der Waals surface area contributed by atoms with E-state index in [1.165, 1.54) is 231 Å². The Bertz CT molecular complexity index is 572. The lowest BCUT2D eigenvalue weighted by molar-refractivity contribution is 0.135. The SMILES string of the molecule is CCCCCCCCCCCCCCCCC1N(CCCCCCCCCCC)C=CN1CCCCCCCCCCCC. The third-order valence-corrected chi connectivity index (χ3v) is 10.3. The Balaban J connectivity index is 2.21. The van der Waals surface area contributed by atoms with Crippen molar-refractivity contribution in [1.29, 1.82) is 0 Å². The van der Waals surface area contributed by atoms with Crippen molar-refractivity contribution in [2.24, 2.45) is 0 Å². The summed E-state index contributed by atoms with van der Waals surface area (Å²) in [4.78, 5) is 5.44. The maximum Gasteiger partial charge on any atom is 0.101 e. The summed E-state index contributed by atoms with van der Waals surface area (Å²) in [6.07, 6.45) is 54.4. The van der Waals surface area contributed by atoms with Gasteiger partial charge in [-0.3, -0.25) is 0 Å². The fraction of sp³-hybridized carbons (Fsp3) is 0.952. The predicted molar refractivity (Wildman–Crippen MR) is 200 cm³/mol. The van der Waals surface area contributed by atoms with E-state index < -0.39 is 0 Å². The molecular formula is C42H84N2. The highest BCUT2D eigenvalue weighted by molar-refractivity contribution is 4.97. The summed E-state index contributed by atoms with van der Waals surface area (Å²) in [7, 11) is 0. The first-order valence-electron chi connectivity index (χ1n) is 21.0. The van der Waals surface area contributed by atoms with Gasteiger partial charge in [-0.2, -0.15) is 0 Å². The van der Waals surface area contributed by atoms with Gasteiger partial charge in [0.2, 0.25) is 0 Å². The highest BCUT2D eigenvalue weighted by Gasteiger charge is 2.24. The van der Waals surface area contributed by atoms with Crippen molar-refractivity contribution in [1.82, 2.24) is 9.80 Å². The number of unbranched alkanes of at least 4 members (excludes halogenated alkanes) is 30. The van der Waals surface area contributed by atoms with Crippen LogP contribution in [0.4, 0.5) is 0 Å². The Kier molecular flexibility index (Phi) is 31.7. The second-order valence-corrected chi connectivity index (χ2v) is 14.6. The lowest BCUT2D eigenvalue weighted by atomic mass is 10.0. The highest BCUT2D eigenvalue weighted by Crippen LogP contribution is 2.24. The molecule has 1 rings (SSSR count). The van der Waals surface area contributed by atoms with Gasteiger partial charge in [-0.25, -0.2) is 0 Å². The molecule has 1 aliphatic rings. The summed E-state index contributed by atoms with van der Waals surface area (Å²) < 4.78 is 0. The Labute approximate surface area is 280 Å². The van der Waals surface area contributed by atoms with E-state index in [1.807, 2.05) is 0 Å². The summed E-state index contributed by atoms with van der Waals surface area (Å²) in [6.45, 7) is 9.48. The molecule has 0 spiro atoms. The lowest BCUT2D eigenvalue weighted by Gasteiger charge is -2.33. The Morgan fingerprint density at radius 2 is 0.523 bits per heavy atom. The largest absolute Gasteiger partial charge is 0.356 e. The van der Waals surface area contributed by atoms with Crippen LogP contribution in [0.15, 0.2) is 12.4 Å². The van der Waals surface area contributed by atoms with Crippen molar-refractivity contribution < 1.29 is 0 Å². The van der Waals surface area contributed by atoms with Crippen LogP contribution in [-0.4, -0.2) is 29.1 Å². The van der Waals surface area contributed by atoms with E-state index >= 15 is 0 Å². The molecule has 1 heterocycles. The molecule has 2 heteroatoms. The second kappa shape index (κ2) is 33.7. The molecule has 0 aromatic rings. The Morgan fingerprint density at radius 1 is 0.295 bits per heavy atom. The molecule has 0 radical (unpaired) electrons. The van der Waals surface area contributed by atoms with Crippen LogP contribution in [0.25, 0.3) is 0 Å². The first-order chi connectivity index (χ1) is 21.8. The van der Waals surface area contributed by atoms with Gasteiger partial charge in [0, 0.05) is 25.5 Å². The molecule has 2 nitrogen and oxygen atoms in total. The van der Waals surface area contributed by atoms with Crippen molar-refractivity contribution in [3.63, 3.8) is 0 Å². The molecule has 0 saturated carbocycles. The molecule has 0 aromatic heterocycles. The van der Waals surface area contributed by atoms with Gasteiger partial charge in [-0.15, -0.1) is 0 Å². The molecule has 0 bridgehead atoms. The first-order valence-corrected chi connectivity index (χ1v) is 21.0. The standard InChI is InChI=1S/C42H84N2/c1-4-7-10-13-16-19-21-22-23-24-25-28-31-34-37-42-43(38-35-32-29-26-18-15-12-9-6-3)40-41-44(42)39-36-33-30-27-20-17-14-11-8-5-2/h40-42H,4-39H2,1-3H3. The maximum atomic E-state index is 2.72. The van der Waals surface area contributed by atoms with E-state index in [9.17, 15) is 0 Å². The third kappa shape index (κ3) is 25.5. The van der Waals surface area contributed by atoms with Crippen molar-refractivity contribution in [3.05, 3.63) is 12.4 Å². The van der Waals surface area contributed by atoms with Crippen LogP contribution in [0.2, 0.25) is 0 Å². The van der Waals surface area contributed by atoms with Crippen molar-refractivity contribution in [2.75, 3.05) is 13.1 Å². The molecule has 1 unspecified atom stereocenters. The fourth-order valence-electron chi connectivity index (χ4n) is 7.25. The van der Waals surface area contributed by atoms with Crippen LogP contribution < -0.4 is 0 Å². The summed E-state index contributed by atoms with van der Waals surface area (Å²) in [5.74, 6) is 0. The van der Waals surface area contributed by atoms with Gasteiger partial charge in [0.25, 0.3) is 0 Å². The van der Waals surface area contributed by atoms with E-state index in [1.54, 1.807) is 0 Å². The zero-order valence-electron chi connectivity index (χ0n) is 31.1. The van der Waals surface area contributed by atoms with Crippen molar-refractivity contribution >= 4 is 0 Å². The molecule has 262 valence electrons. The zero-order chi connectivity index (χ0) is 31.6. The predicted octanol–water partition coefficient (Wildman–Crippen LogP) is 14.7. The minimum absolute atomic E-state index is 0.639. The molecule has 0 aliphatic carbocycles. The minimum atomic E-state index is 0.639. The van der Waals surface area contributed by atoms with Crippen molar-refractivity contribution in [2.45, 2.75) is 245 Å². The average Bonchev–Trinajstić information content (AvgIpc) is 3.42. The first kappa shape index (κ1) is 41.4. The second-order valence-electron chi connectivity index (χ2n) is 14.6. The molecular weight excluding hydrogens is 532 g/mol. The topological polar surface area (TPSA) is 6.48 Å². The number of nitrogens with zero attached hydrogens (tertiary/aromatic N) is 2. The van der Waals surface area contributed by atoms with Crippen LogP contribution in [0.5, 0.6) is 0 Å². The molecule has 1 atom stereocenters. The van der Waals surface area contributed by atoms with Crippen LogP contribution >= 0.6 is 0 Å². The van der Waals surface area contributed by atoms with Gasteiger partial charge >= 0.3 is 0 Å². The van der Waals surface area contributed by atoms with Gasteiger partial charge < -0.3 is 9.80 Å². The molecule has 44 heavy (non-hydrogen) atoms. The Hall–Kier alpha value is -0.660. The number of rotatable bonds is 36. The van der Waals surface area contributed by atoms with E-state index in [-0.39, 0.29) is 0 Å². The lowest BCUT2D eigenvalue weighted by Crippen LogP contribution is -2.39. The Morgan fingerprint density at radius 3 is 0.795 bits per heavy atom. The van der Waals surface area contributed by atoms with Gasteiger partial charge in [0.1, 0.15) is 6.17 Å². The van der Waals surface area contributed by atoms with Crippen LogP contribution in [0, 0.1) is 0 Å². The molecule has 0 amide bonds. The average molecular weight is 617 g/mol. The molecule has 0 aromatic carbocycles. The van der Waals surface area contributed by atoms with Crippen LogP contribution in [0.3, 0.4) is 0 Å². The normalized spacial score (nSPS) is 14.8. The minimum Gasteiger partial charge on any atom is -0.356 e. The van der Waals surface area contributed by atoms with Crippen LogP contribution in [-0.2, 0) is 0 Å². The third-order valence-electron chi connectivity index (χ3n) is 10.3. The summed E-state index contributed by atoms with van der Waals surface area (Å²) >= 11 is 0. The molecule has 0 N–H and O–H groups in total. The van der Waals surface area contributed by atoms with E-state index in [2.05, 4.69) is 43.0 Å². The summed E-state index contributed by atoms with van der Waals surface area (Å²) in [6, 6.07) is 0. The molecule has 0 saturated heterocycles. The molecule has 1 aliphatic heterocycles. The van der Waals surface area contributed by atoms with Gasteiger partial charge in [-0.1, -0.05) is 213 Å². The maximum absolute atomic E-state index is 2.72. The number of hydrogen-bond donors (Lipinski definition) is 0. The molecule has 0 fully saturated rings. The van der Waals surface area contributed by atoms with Crippen LogP contribution in [0.1, 0.15) is 239 Å². The zero-order valence-corrected chi connectivity index (χ0v) is 31.1. The van der Waals surface area contributed by atoms with E-state index in [0.717, 1.165) is 0 Å². The number of hydrogen-bond acceptors (Lipinski definition) is 2. The van der Waals surface area contributed by atoms with Gasteiger partial charge in [0.05, 0.1) is 0 Å². The monoisotopic (exact) mass is 617 g/mol. The quantitative estimate of drug-likeness (QED) is 0.0646. The summed E-state index contributed by atoms with van der Waals surface area (Å²) in [5, 5.41) is 0. The fourth-order valence-corrected chi connectivity index (χ4v) is 7.25. The van der Waals surface area contributed by atoms with Gasteiger partial charge in [0.15, 0.2) is 0 Å². The summed E-state index contributed by atoms with van der Waals surface area (Å²) in [5.41, 5.74) is 0. The van der Waals surface area contributed by atoms with Crippen molar-refractivity contribution in [3.8, 4) is 0 Å².